The Morgan fingerprint density at radius 1 is 1.69 bits per heavy atom. The topological polar surface area (TPSA) is 57.8 Å². The lowest BCUT2D eigenvalue weighted by atomic mass is 10.2. The Balaban J connectivity index is 2.08. The van der Waals surface area contributed by atoms with E-state index in [0.29, 0.717) is 11.9 Å². The highest BCUT2D eigenvalue weighted by atomic mass is 16.1. The molecule has 70 valence electrons. The summed E-state index contributed by atoms with van der Waals surface area (Å²) in [6.07, 6.45) is 5.65. The van der Waals surface area contributed by atoms with Gasteiger partial charge >= 0.3 is 0 Å². The van der Waals surface area contributed by atoms with Crippen molar-refractivity contribution in [2.45, 2.75) is 25.8 Å². The number of hydrogen-bond donors (Lipinski definition) is 2. The van der Waals surface area contributed by atoms with Gasteiger partial charge in [-0.15, -0.1) is 0 Å². The van der Waals surface area contributed by atoms with Crippen LogP contribution in [0.5, 0.6) is 0 Å². The summed E-state index contributed by atoms with van der Waals surface area (Å²) in [4.78, 5) is 17.8. The predicted molar refractivity (Wildman–Crippen MR) is 50.7 cm³/mol. The molecule has 0 aliphatic heterocycles. The van der Waals surface area contributed by atoms with Crippen molar-refractivity contribution in [3.8, 4) is 0 Å². The zero-order valence-corrected chi connectivity index (χ0v) is 7.58. The van der Waals surface area contributed by atoms with Crippen LogP contribution in [-0.4, -0.2) is 16.0 Å². The van der Waals surface area contributed by atoms with Crippen LogP contribution >= 0.6 is 0 Å². The molecule has 1 aromatic rings. The van der Waals surface area contributed by atoms with Crippen molar-refractivity contribution in [1.82, 2.24) is 9.97 Å². The molecule has 2 N–H and O–H groups in total. The summed E-state index contributed by atoms with van der Waals surface area (Å²) in [5.41, 5.74) is -0.144. The van der Waals surface area contributed by atoms with Gasteiger partial charge in [0.1, 0.15) is 0 Å². The number of nitrogens with one attached hydrogen (secondary N) is 2. The minimum Gasteiger partial charge on any atom is -0.363 e. The molecule has 0 radical (unpaired) electrons. The van der Waals surface area contributed by atoms with E-state index in [9.17, 15) is 4.79 Å². The van der Waals surface area contributed by atoms with Crippen LogP contribution in [0.25, 0.3) is 0 Å². The van der Waals surface area contributed by atoms with Gasteiger partial charge in [0.25, 0.3) is 5.56 Å². The van der Waals surface area contributed by atoms with Gasteiger partial charge < -0.3 is 10.3 Å². The summed E-state index contributed by atoms with van der Waals surface area (Å²) in [6.45, 7) is 2.09. The fourth-order valence-electron chi connectivity index (χ4n) is 1.38. The minimum absolute atomic E-state index is 0.144. The number of H-pyrrole nitrogens is 1. The molecule has 4 heteroatoms. The van der Waals surface area contributed by atoms with Crippen molar-refractivity contribution in [3.63, 3.8) is 0 Å². The van der Waals surface area contributed by atoms with Gasteiger partial charge in [-0.2, -0.15) is 0 Å². The van der Waals surface area contributed by atoms with Gasteiger partial charge in [-0.1, -0.05) is 0 Å². The molecule has 0 aromatic carbocycles. The smallest absolute Gasteiger partial charge is 0.290 e. The minimum atomic E-state index is -0.144. The lowest BCUT2D eigenvalue weighted by molar-refractivity contribution is 0.688. The molecule has 1 aromatic heterocycles. The van der Waals surface area contributed by atoms with Gasteiger partial charge in [0.05, 0.1) is 0 Å². The molecule has 1 aliphatic carbocycles. The Labute approximate surface area is 76.4 Å². The third kappa shape index (κ3) is 1.88. The molecule has 1 atom stereocenters. The molecule has 4 nitrogen and oxygen atoms in total. The molecule has 13 heavy (non-hydrogen) atoms. The van der Waals surface area contributed by atoms with Gasteiger partial charge in [-0.3, -0.25) is 4.79 Å². The number of aromatic amines is 1. The third-order valence-electron chi connectivity index (χ3n) is 2.40. The molecule has 1 saturated carbocycles. The van der Waals surface area contributed by atoms with Crippen LogP contribution in [0.1, 0.15) is 19.8 Å². The molecule has 1 aliphatic rings. The summed E-state index contributed by atoms with van der Waals surface area (Å²) >= 11 is 0. The zero-order valence-electron chi connectivity index (χ0n) is 7.58. The van der Waals surface area contributed by atoms with E-state index in [1.807, 2.05) is 0 Å². The Bertz CT molecular complexity index is 343. The zero-order chi connectivity index (χ0) is 9.26. The number of nitrogens with zero attached hydrogens (tertiary/aromatic N) is 1. The maximum atomic E-state index is 11.2. The standard InChI is InChI=1S/C9H13N3O/c1-6(7-2-3-7)12-8-9(13)11-5-4-10-8/h4-7H,2-3H2,1H3,(H,10,12)(H,11,13). The molecule has 1 unspecified atom stereocenters. The van der Waals surface area contributed by atoms with Crippen LogP contribution in [0.4, 0.5) is 5.82 Å². The molecular weight excluding hydrogens is 166 g/mol. The lowest BCUT2D eigenvalue weighted by Crippen LogP contribution is -2.24. The first-order chi connectivity index (χ1) is 6.27. The van der Waals surface area contributed by atoms with Crippen LogP contribution in [0.3, 0.4) is 0 Å². The van der Waals surface area contributed by atoms with Crippen molar-refractivity contribution in [2.75, 3.05) is 5.32 Å². The van der Waals surface area contributed by atoms with E-state index in [2.05, 4.69) is 22.2 Å². The average molecular weight is 179 g/mol. The van der Waals surface area contributed by atoms with E-state index < -0.39 is 0 Å². The van der Waals surface area contributed by atoms with Gasteiger partial charge in [0.15, 0.2) is 5.82 Å². The highest BCUT2D eigenvalue weighted by Crippen LogP contribution is 2.33. The Kier molecular flexibility index (Phi) is 2.04. The normalized spacial score (nSPS) is 18.2. The van der Waals surface area contributed by atoms with Crippen LogP contribution in [0, 0.1) is 5.92 Å². The first kappa shape index (κ1) is 8.29. The van der Waals surface area contributed by atoms with Crippen LogP contribution in [0.15, 0.2) is 17.2 Å². The number of rotatable bonds is 3. The Morgan fingerprint density at radius 3 is 3.08 bits per heavy atom. The number of aromatic nitrogens is 2. The molecule has 0 bridgehead atoms. The Hall–Kier alpha value is -1.32. The monoisotopic (exact) mass is 179 g/mol. The number of hydrogen-bond acceptors (Lipinski definition) is 3. The average Bonchev–Trinajstić information content (AvgIpc) is 2.91. The summed E-state index contributed by atoms with van der Waals surface area (Å²) in [5, 5.41) is 3.12. The quantitative estimate of drug-likeness (QED) is 0.727. The van der Waals surface area contributed by atoms with E-state index in [1.165, 1.54) is 19.0 Å². The molecule has 0 amide bonds. The van der Waals surface area contributed by atoms with E-state index in [1.54, 1.807) is 6.20 Å². The van der Waals surface area contributed by atoms with Gasteiger partial charge in [-0.05, 0) is 25.7 Å². The number of anilines is 1. The van der Waals surface area contributed by atoms with E-state index in [-0.39, 0.29) is 5.56 Å². The third-order valence-corrected chi connectivity index (χ3v) is 2.40. The van der Waals surface area contributed by atoms with Crippen LogP contribution in [0.2, 0.25) is 0 Å². The summed E-state index contributed by atoms with van der Waals surface area (Å²) < 4.78 is 0. The summed E-state index contributed by atoms with van der Waals surface area (Å²) in [5.74, 6) is 1.16. The first-order valence-electron chi connectivity index (χ1n) is 4.57. The molecular formula is C9H13N3O. The van der Waals surface area contributed by atoms with Crippen LogP contribution < -0.4 is 10.9 Å². The molecule has 0 spiro atoms. The van der Waals surface area contributed by atoms with Crippen molar-refractivity contribution < 1.29 is 0 Å². The summed E-state index contributed by atoms with van der Waals surface area (Å²) in [7, 11) is 0. The van der Waals surface area contributed by atoms with Crippen molar-refractivity contribution >= 4 is 5.82 Å². The van der Waals surface area contributed by atoms with Gasteiger partial charge in [0.2, 0.25) is 0 Å². The second kappa shape index (κ2) is 3.20. The van der Waals surface area contributed by atoms with Crippen LogP contribution in [-0.2, 0) is 0 Å². The second-order valence-corrected chi connectivity index (χ2v) is 3.54. The SMILES string of the molecule is CC(Nc1ncc[nH]c1=O)C1CC1. The first-order valence-corrected chi connectivity index (χ1v) is 4.57. The molecule has 1 fully saturated rings. The van der Waals surface area contributed by atoms with E-state index >= 15 is 0 Å². The predicted octanol–water partition coefficient (Wildman–Crippen LogP) is 0.980. The fourth-order valence-corrected chi connectivity index (χ4v) is 1.38. The van der Waals surface area contributed by atoms with Crippen molar-refractivity contribution in [1.29, 1.82) is 0 Å². The van der Waals surface area contributed by atoms with Gasteiger partial charge in [-0.25, -0.2) is 4.98 Å². The maximum absolute atomic E-state index is 11.2. The van der Waals surface area contributed by atoms with E-state index in [0.717, 1.165) is 5.92 Å². The Morgan fingerprint density at radius 2 is 2.46 bits per heavy atom. The second-order valence-electron chi connectivity index (χ2n) is 3.54. The highest BCUT2D eigenvalue weighted by molar-refractivity contribution is 5.31. The molecule has 1 heterocycles. The summed E-state index contributed by atoms with van der Waals surface area (Å²) in [6, 6.07) is 0.357. The van der Waals surface area contributed by atoms with Crippen molar-refractivity contribution in [3.05, 3.63) is 22.7 Å². The van der Waals surface area contributed by atoms with E-state index in [4.69, 9.17) is 0 Å². The highest BCUT2D eigenvalue weighted by Gasteiger charge is 2.28. The molecule has 2 rings (SSSR count). The fraction of sp³-hybridized carbons (Fsp3) is 0.556. The molecule has 0 saturated heterocycles. The maximum Gasteiger partial charge on any atom is 0.290 e. The van der Waals surface area contributed by atoms with Crippen molar-refractivity contribution in [2.24, 2.45) is 5.92 Å². The largest absolute Gasteiger partial charge is 0.363 e. The lowest BCUT2D eigenvalue weighted by Gasteiger charge is -2.11. The van der Waals surface area contributed by atoms with Gasteiger partial charge in [0, 0.05) is 18.4 Å².